The van der Waals surface area contributed by atoms with Gasteiger partial charge >= 0.3 is 5.97 Å². The van der Waals surface area contributed by atoms with Crippen molar-refractivity contribution in [2.24, 2.45) is 5.16 Å². The molecule has 2 rings (SSSR count). The molecular formula is C16H14N2O6. The van der Waals surface area contributed by atoms with E-state index < -0.39 is 10.9 Å². The summed E-state index contributed by atoms with van der Waals surface area (Å²) in [5.41, 5.74) is 0.460. The predicted molar refractivity (Wildman–Crippen MR) is 85.7 cm³/mol. The summed E-state index contributed by atoms with van der Waals surface area (Å²) in [4.78, 5) is 26.7. The molecule has 0 amide bonds. The van der Waals surface area contributed by atoms with E-state index in [2.05, 4.69) is 5.16 Å². The van der Waals surface area contributed by atoms with Gasteiger partial charge in [0.15, 0.2) is 11.5 Å². The summed E-state index contributed by atoms with van der Waals surface area (Å²) in [6, 6.07) is 10.2. The first-order chi connectivity index (χ1) is 11.5. The van der Waals surface area contributed by atoms with Crippen molar-refractivity contribution in [2.75, 3.05) is 14.2 Å². The number of benzene rings is 2. The Kier molecular flexibility index (Phi) is 5.45. The summed E-state index contributed by atoms with van der Waals surface area (Å²) in [6.07, 6.45) is 1.32. The van der Waals surface area contributed by atoms with E-state index in [9.17, 15) is 14.9 Å². The average Bonchev–Trinajstić information content (AvgIpc) is 2.61. The van der Waals surface area contributed by atoms with Crippen LogP contribution in [0.4, 0.5) is 5.69 Å². The Balaban J connectivity index is 2.07. The maximum Gasteiger partial charge on any atom is 0.365 e. The molecule has 124 valence electrons. The molecule has 0 bridgehead atoms. The fourth-order valence-corrected chi connectivity index (χ4v) is 1.87. The Morgan fingerprint density at radius 2 is 1.88 bits per heavy atom. The smallest absolute Gasteiger partial charge is 0.365 e. The van der Waals surface area contributed by atoms with Crippen molar-refractivity contribution >= 4 is 17.9 Å². The van der Waals surface area contributed by atoms with Crippen molar-refractivity contribution in [3.8, 4) is 11.5 Å². The van der Waals surface area contributed by atoms with Crippen molar-refractivity contribution in [3.05, 3.63) is 63.7 Å². The van der Waals surface area contributed by atoms with Gasteiger partial charge in [-0.1, -0.05) is 11.2 Å². The van der Waals surface area contributed by atoms with Gasteiger partial charge in [-0.05, 0) is 24.3 Å². The zero-order chi connectivity index (χ0) is 17.5. The Labute approximate surface area is 137 Å². The summed E-state index contributed by atoms with van der Waals surface area (Å²) in [5.74, 6) is 0.269. The number of ether oxygens (including phenoxy) is 2. The standard InChI is InChI=1S/C16H14N2O6/c1-22-14-7-6-11(8-15(14)23-2)10-17-24-16(19)12-4-3-5-13(9-12)18(20)21/h3-10H,1-2H3/b17-10-. The van der Waals surface area contributed by atoms with Crippen LogP contribution in [-0.4, -0.2) is 31.3 Å². The molecular weight excluding hydrogens is 316 g/mol. The number of carbonyl (C=O) groups excluding carboxylic acids is 1. The summed E-state index contributed by atoms with van der Waals surface area (Å²) >= 11 is 0. The van der Waals surface area contributed by atoms with E-state index >= 15 is 0 Å². The number of methoxy groups -OCH3 is 2. The molecule has 0 saturated carbocycles. The van der Waals surface area contributed by atoms with Crippen LogP contribution in [0.25, 0.3) is 0 Å². The van der Waals surface area contributed by atoms with Gasteiger partial charge in [0.1, 0.15) is 0 Å². The van der Waals surface area contributed by atoms with Gasteiger partial charge in [-0.2, -0.15) is 0 Å². The van der Waals surface area contributed by atoms with E-state index in [1.165, 1.54) is 38.6 Å². The number of hydrogen-bond donors (Lipinski definition) is 0. The average molecular weight is 330 g/mol. The molecule has 0 radical (unpaired) electrons. The first kappa shape index (κ1) is 16.9. The molecule has 0 aliphatic heterocycles. The number of rotatable bonds is 6. The minimum absolute atomic E-state index is 0.0358. The van der Waals surface area contributed by atoms with Crippen LogP contribution in [-0.2, 0) is 4.84 Å². The summed E-state index contributed by atoms with van der Waals surface area (Å²) < 4.78 is 10.3. The highest BCUT2D eigenvalue weighted by Crippen LogP contribution is 2.26. The lowest BCUT2D eigenvalue weighted by Crippen LogP contribution is -2.02. The monoisotopic (exact) mass is 330 g/mol. The Hall–Kier alpha value is -3.42. The minimum atomic E-state index is -0.796. The fourth-order valence-electron chi connectivity index (χ4n) is 1.87. The van der Waals surface area contributed by atoms with Crippen molar-refractivity contribution in [1.29, 1.82) is 0 Å². The summed E-state index contributed by atoms with van der Waals surface area (Å²) in [7, 11) is 3.02. The zero-order valence-corrected chi connectivity index (χ0v) is 13.0. The van der Waals surface area contributed by atoms with E-state index in [-0.39, 0.29) is 11.3 Å². The summed E-state index contributed by atoms with van der Waals surface area (Å²) in [5, 5.41) is 14.3. The lowest BCUT2D eigenvalue weighted by atomic mass is 10.2. The molecule has 2 aromatic rings. The van der Waals surface area contributed by atoms with Crippen molar-refractivity contribution < 1.29 is 24.0 Å². The Morgan fingerprint density at radius 3 is 2.54 bits per heavy atom. The van der Waals surface area contributed by atoms with Crippen LogP contribution >= 0.6 is 0 Å². The molecule has 0 fully saturated rings. The SMILES string of the molecule is COc1ccc(/C=N\OC(=O)c2cccc([N+](=O)[O-])c2)cc1OC. The van der Waals surface area contributed by atoms with Crippen LogP contribution in [0.3, 0.4) is 0 Å². The second-order valence-corrected chi connectivity index (χ2v) is 4.54. The molecule has 0 atom stereocenters. The third-order valence-electron chi connectivity index (χ3n) is 3.04. The third-order valence-corrected chi connectivity index (χ3v) is 3.04. The zero-order valence-electron chi connectivity index (χ0n) is 13.0. The third kappa shape index (κ3) is 4.07. The van der Waals surface area contributed by atoms with Crippen LogP contribution in [0.5, 0.6) is 11.5 Å². The predicted octanol–water partition coefficient (Wildman–Crippen LogP) is 2.80. The first-order valence-electron chi connectivity index (χ1n) is 6.76. The molecule has 0 spiro atoms. The first-order valence-corrected chi connectivity index (χ1v) is 6.76. The quantitative estimate of drug-likeness (QED) is 0.349. The van der Waals surface area contributed by atoms with Gasteiger partial charge in [-0.3, -0.25) is 10.1 Å². The van der Waals surface area contributed by atoms with E-state index in [0.717, 1.165) is 6.07 Å². The number of nitro benzene ring substituents is 1. The van der Waals surface area contributed by atoms with Crippen molar-refractivity contribution in [3.63, 3.8) is 0 Å². The van der Waals surface area contributed by atoms with Gasteiger partial charge in [0, 0.05) is 17.7 Å². The van der Waals surface area contributed by atoms with Crippen molar-refractivity contribution in [1.82, 2.24) is 0 Å². The maximum absolute atomic E-state index is 11.8. The number of carbonyl (C=O) groups is 1. The van der Waals surface area contributed by atoms with E-state index in [1.54, 1.807) is 18.2 Å². The molecule has 0 N–H and O–H groups in total. The molecule has 0 aliphatic rings. The van der Waals surface area contributed by atoms with Gasteiger partial charge in [0.2, 0.25) is 0 Å². The number of hydrogen-bond acceptors (Lipinski definition) is 7. The molecule has 2 aromatic carbocycles. The normalized spacial score (nSPS) is 10.4. The van der Waals surface area contributed by atoms with Gasteiger partial charge in [0.05, 0.1) is 30.9 Å². The molecule has 0 aliphatic carbocycles. The lowest BCUT2D eigenvalue weighted by Gasteiger charge is -2.07. The molecule has 0 unspecified atom stereocenters. The van der Waals surface area contributed by atoms with Crippen LogP contribution in [0.1, 0.15) is 15.9 Å². The van der Waals surface area contributed by atoms with Gasteiger partial charge in [0.25, 0.3) is 5.69 Å². The van der Waals surface area contributed by atoms with Crippen LogP contribution in [0, 0.1) is 10.1 Å². The Morgan fingerprint density at radius 1 is 1.12 bits per heavy atom. The molecule has 24 heavy (non-hydrogen) atoms. The Bertz CT molecular complexity index is 788. The van der Waals surface area contributed by atoms with Gasteiger partial charge in [-0.25, -0.2) is 4.79 Å². The number of non-ortho nitro benzene ring substituents is 1. The highest BCUT2D eigenvalue weighted by molar-refractivity contribution is 5.90. The second-order valence-electron chi connectivity index (χ2n) is 4.54. The highest BCUT2D eigenvalue weighted by Gasteiger charge is 2.12. The molecule has 8 nitrogen and oxygen atoms in total. The number of oxime groups is 1. The molecule has 0 aromatic heterocycles. The molecule has 0 saturated heterocycles. The highest BCUT2D eigenvalue weighted by atomic mass is 16.7. The van der Waals surface area contributed by atoms with Crippen molar-refractivity contribution in [2.45, 2.75) is 0 Å². The summed E-state index contributed by atoms with van der Waals surface area (Å²) in [6.45, 7) is 0. The largest absolute Gasteiger partial charge is 0.493 e. The topological polar surface area (TPSA) is 100 Å². The second kappa shape index (κ2) is 7.73. The minimum Gasteiger partial charge on any atom is -0.493 e. The number of nitrogens with zero attached hydrogens (tertiary/aromatic N) is 2. The lowest BCUT2D eigenvalue weighted by molar-refractivity contribution is -0.384. The van der Waals surface area contributed by atoms with Gasteiger partial charge in [-0.15, -0.1) is 0 Å². The molecule has 8 heteroatoms. The van der Waals surface area contributed by atoms with E-state index in [4.69, 9.17) is 14.3 Å². The fraction of sp³-hybridized carbons (Fsp3) is 0.125. The van der Waals surface area contributed by atoms with Crippen LogP contribution in [0.15, 0.2) is 47.6 Å². The van der Waals surface area contributed by atoms with E-state index in [1.807, 2.05) is 0 Å². The van der Waals surface area contributed by atoms with Crippen LogP contribution < -0.4 is 9.47 Å². The molecule has 0 heterocycles. The number of nitro groups is 1. The van der Waals surface area contributed by atoms with Crippen LogP contribution in [0.2, 0.25) is 0 Å². The van der Waals surface area contributed by atoms with E-state index in [0.29, 0.717) is 17.1 Å². The maximum atomic E-state index is 11.8. The van der Waals surface area contributed by atoms with Gasteiger partial charge < -0.3 is 14.3 Å².